The molecule has 0 atom stereocenters. The Morgan fingerprint density at radius 2 is 0.667 bits per heavy atom. The summed E-state index contributed by atoms with van der Waals surface area (Å²) < 4.78 is 0. The van der Waals surface area contributed by atoms with Gasteiger partial charge in [0.15, 0.2) is 0 Å². The molecule has 0 amide bonds. The van der Waals surface area contributed by atoms with Gasteiger partial charge in [0, 0.05) is 0 Å². The van der Waals surface area contributed by atoms with Crippen LogP contribution in [0.15, 0.2) is 0 Å². The van der Waals surface area contributed by atoms with Crippen molar-refractivity contribution in [2.75, 3.05) is 0 Å². The monoisotopic (exact) mass is 89.1 g/mol. The highest BCUT2D eigenvalue weighted by atomic mass is 13.0. The third kappa shape index (κ3) is 0. The molecule has 0 heterocycles. The Labute approximate surface area is 42.6 Å². The molecule has 0 aromatic heterocycles. The number of hydrogen-bond acceptors (Lipinski definition) is 0. The van der Waals surface area contributed by atoms with E-state index in [-0.39, 0.29) is 0 Å². The first kappa shape index (κ1) is 16.7. The van der Waals surface area contributed by atoms with E-state index in [2.05, 4.69) is 6.92 Å². The largest absolute Gasteiger partial charge is 0.346 e. The molecule has 0 aromatic carbocycles. The molecule has 42 valence electrons. The lowest BCUT2D eigenvalue weighted by Gasteiger charge is -1.27. The van der Waals surface area contributed by atoms with Gasteiger partial charge >= 0.3 is 0 Å². The van der Waals surface area contributed by atoms with Crippen LogP contribution >= 0.6 is 0 Å². The quantitative estimate of drug-likeness (QED) is 0.400. The van der Waals surface area contributed by atoms with Crippen molar-refractivity contribution in [2.24, 2.45) is 0 Å². The molecule has 0 aliphatic heterocycles. The highest BCUT2D eigenvalue weighted by Crippen LogP contribution is 1.15. The molecule has 0 spiro atoms. The molecule has 0 aliphatic rings. The van der Waals surface area contributed by atoms with Gasteiger partial charge in [-0.2, -0.15) is 6.92 Å². The average Bonchev–Trinajstić information content (AvgIpc) is 1.81. The molecule has 0 radical (unpaired) electrons. The summed E-state index contributed by atoms with van der Waals surface area (Å²) in [5.74, 6) is 0. The smallest absolute Gasteiger partial charge is 0.0683 e. The van der Waals surface area contributed by atoms with Gasteiger partial charge in [0.1, 0.15) is 0 Å². The van der Waals surface area contributed by atoms with Crippen molar-refractivity contribution in [1.29, 1.82) is 0 Å². The summed E-state index contributed by atoms with van der Waals surface area (Å²) in [5, 5.41) is 0. The Morgan fingerprint density at radius 1 is 0.667 bits per heavy atom. The van der Waals surface area contributed by atoms with Crippen molar-refractivity contribution in [1.82, 2.24) is 0 Å². The molecule has 0 bridgehead atoms. The van der Waals surface area contributed by atoms with Crippen molar-refractivity contribution >= 4 is 0 Å². The van der Waals surface area contributed by atoms with Crippen LogP contribution in [0.25, 0.3) is 0 Å². The average molecular weight is 89.2 g/mol. The molecule has 0 fully saturated rings. The minimum Gasteiger partial charge on any atom is -0.346 e. The van der Waals surface area contributed by atoms with Gasteiger partial charge in [-0.25, -0.2) is 0 Å². The summed E-state index contributed by atoms with van der Waals surface area (Å²) in [6.07, 6.45) is 0. The zero-order valence-corrected chi connectivity index (χ0v) is 5.71. The Bertz CT molecular complexity index is 0. The van der Waals surface area contributed by atoms with Gasteiger partial charge in [0.2, 0.25) is 0 Å². The van der Waals surface area contributed by atoms with Gasteiger partial charge in [0.05, 0.1) is 0 Å². The lowest BCUT2D eigenvalue weighted by molar-refractivity contribution is 1.50. The summed E-state index contributed by atoms with van der Waals surface area (Å²) in [6, 6.07) is 0. The van der Waals surface area contributed by atoms with Crippen LogP contribution in [0.3, 0.4) is 0 Å². The van der Waals surface area contributed by atoms with Crippen molar-refractivity contribution in [3.63, 3.8) is 0 Å². The molecular formula is C6H17-. The van der Waals surface area contributed by atoms with Crippen LogP contribution in [0.1, 0.15) is 34.6 Å². The fraction of sp³-hybridized carbons (Fsp3) is 0.833. The van der Waals surface area contributed by atoms with E-state index in [4.69, 9.17) is 0 Å². The van der Waals surface area contributed by atoms with Crippen molar-refractivity contribution < 1.29 is 0 Å². The van der Waals surface area contributed by atoms with E-state index in [1.165, 1.54) is 0 Å². The molecule has 0 unspecified atom stereocenters. The predicted octanol–water partition coefficient (Wildman–Crippen LogP) is 2.89. The Balaban J connectivity index is -0.0000000225. The Hall–Kier alpha value is 0. The van der Waals surface area contributed by atoms with Crippen molar-refractivity contribution in [2.45, 2.75) is 34.6 Å². The molecule has 0 nitrogen and oxygen atoms in total. The summed E-state index contributed by atoms with van der Waals surface area (Å²) >= 11 is 0. The third-order valence-electron chi connectivity index (χ3n) is 0. The Morgan fingerprint density at radius 3 is 0.667 bits per heavy atom. The zero-order chi connectivity index (χ0) is 6.00. The molecule has 0 aromatic rings. The van der Waals surface area contributed by atoms with E-state index >= 15 is 0 Å². The molecule has 0 heteroatoms. The lowest BCUT2D eigenvalue weighted by atomic mass is 11.0. The first-order chi connectivity index (χ1) is 3.00. The first-order valence-corrected chi connectivity index (χ1v) is 2.71. The van der Waals surface area contributed by atoms with Gasteiger partial charge in [0.25, 0.3) is 0 Å². The summed E-state index contributed by atoms with van der Waals surface area (Å²) in [6.45, 7) is 13.0. The van der Waals surface area contributed by atoms with E-state index in [1.54, 1.807) is 6.92 Å². The van der Waals surface area contributed by atoms with E-state index in [0.29, 0.717) is 0 Å². The van der Waals surface area contributed by atoms with Crippen LogP contribution in [0.2, 0.25) is 0 Å². The molecule has 6 heavy (non-hydrogen) atoms. The van der Waals surface area contributed by atoms with Gasteiger partial charge < -0.3 is 6.92 Å². The van der Waals surface area contributed by atoms with Gasteiger partial charge in [-0.05, 0) is 0 Å². The second kappa shape index (κ2) is 0. The molecule has 0 aliphatic carbocycles. The number of rotatable bonds is 0. The topological polar surface area (TPSA) is 0 Å². The fourth-order valence-corrected chi connectivity index (χ4v) is 0. The molecule has 0 saturated carbocycles. The van der Waals surface area contributed by atoms with E-state index in [1.807, 2.05) is 27.7 Å². The van der Waals surface area contributed by atoms with Gasteiger partial charge in [-0.1, -0.05) is 27.7 Å². The van der Waals surface area contributed by atoms with Crippen LogP contribution in [0.4, 0.5) is 0 Å². The zero-order valence-electron chi connectivity index (χ0n) is 5.71. The van der Waals surface area contributed by atoms with E-state index < -0.39 is 0 Å². The van der Waals surface area contributed by atoms with Crippen molar-refractivity contribution in [3.05, 3.63) is 6.92 Å². The highest BCUT2D eigenvalue weighted by molar-refractivity contribution is 3.94. The van der Waals surface area contributed by atoms with Gasteiger partial charge in [-0.3, -0.25) is 0 Å². The summed E-state index contributed by atoms with van der Waals surface area (Å²) in [4.78, 5) is 0. The SMILES string of the molecule is CC.CC.[CH2-]C. The van der Waals surface area contributed by atoms with Crippen LogP contribution in [-0.2, 0) is 0 Å². The molecule has 0 N–H and O–H groups in total. The van der Waals surface area contributed by atoms with Crippen LogP contribution in [-0.4, -0.2) is 0 Å². The maximum Gasteiger partial charge on any atom is -0.0683 e. The van der Waals surface area contributed by atoms with Crippen molar-refractivity contribution in [3.8, 4) is 0 Å². The minimum atomic E-state index is 1.75. The predicted molar refractivity (Wildman–Crippen MR) is 33.7 cm³/mol. The fourth-order valence-electron chi connectivity index (χ4n) is 0. The maximum atomic E-state index is 3.25. The lowest BCUT2D eigenvalue weighted by Crippen LogP contribution is -0.888. The molecular weight excluding hydrogens is 72.1 g/mol. The van der Waals surface area contributed by atoms with E-state index in [9.17, 15) is 0 Å². The van der Waals surface area contributed by atoms with Gasteiger partial charge in [-0.15, -0.1) is 0 Å². The maximum absolute atomic E-state index is 3.25. The third-order valence-corrected chi connectivity index (χ3v) is 0. The second-order valence-corrected chi connectivity index (χ2v) is 0. The minimum absolute atomic E-state index is 1.75. The van der Waals surface area contributed by atoms with Crippen LogP contribution < -0.4 is 0 Å². The highest BCUT2D eigenvalue weighted by Gasteiger charge is 0.934. The Kier molecular flexibility index (Phi) is 0. The summed E-state index contributed by atoms with van der Waals surface area (Å²) in [7, 11) is 0. The molecule has 0 saturated heterocycles. The normalized spacial score (nSPS) is 3.00. The second-order valence-electron chi connectivity index (χ2n) is 0. The molecule has 0 rings (SSSR count). The van der Waals surface area contributed by atoms with E-state index in [0.717, 1.165) is 0 Å². The first-order valence-electron chi connectivity index (χ1n) is 2.71. The standard InChI is InChI=1S/2C2H6.C2H5/c3*1-2/h2*1-2H3;1H2,2H3/q;;-1. The van der Waals surface area contributed by atoms with Crippen LogP contribution in [0, 0.1) is 6.92 Å². The summed E-state index contributed by atoms with van der Waals surface area (Å²) in [5.41, 5.74) is 0. The van der Waals surface area contributed by atoms with Crippen LogP contribution in [0.5, 0.6) is 0 Å². The number of hydrogen-bond donors (Lipinski definition) is 0.